The number of amides is 1. The summed E-state index contributed by atoms with van der Waals surface area (Å²) in [5, 5.41) is 5.28. The summed E-state index contributed by atoms with van der Waals surface area (Å²) in [6.45, 7) is -0.241. The summed E-state index contributed by atoms with van der Waals surface area (Å²) in [6, 6.07) is 2.38. The molecular formula is C20H26F6N4O. The van der Waals surface area contributed by atoms with Gasteiger partial charge < -0.3 is 21.3 Å². The van der Waals surface area contributed by atoms with Crippen LogP contribution in [0.25, 0.3) is 0 Å². The molecule has 0 spiro atoms. The van der Waals surface area contributed by atoms with Crippen molar-refractivity contribution in [2.45, 2.75) is 56.9 Å². The Labute approximate surface area is 176 Å². The first-order valence-electron chi connectivity index (χ1n) is 10.3. The minimum Gasteiger partial charge on any atom is -0.397 e. The Morgan fingerprint density at radius 1 is 1.16 bits per heavy atom. The van der Waals surface area contributed by atoms with Gasteiger partial charge in [-0.25, -0.2) is 13.2 Å². The maximum absolute atomic E-state index is 13.8. The Balaban J connectivity index is 1.77. The lowest BCUT2D eigenvalue weighted by Gasteiger charge is -2.31. The Kier molecular flexibility index (Phi) is 7.10. The number of benzene rings is 1. The van der Waals surface area contributed by atoms with Crippen molar-refractivity contribution in [2.75, 3.05) is 35.6 Å². The van der Waals surface area contributed by atoms with Crippen LogP contribution in [0.15, 0.2) is 12.1 Å². The Morgan fingerprint density at radius 3 is 2.39 bits per heavy atom. The van der Waals surface area contributed by atoms with Crippen LogP contribution in [0, 0.1) is 5.92 Å². The summed E-state index contributed by atoms with van der Waals surface area (Å²) in [7, 11) is 0. The highest BCUT2D eigenvalue weighted by molar-refractivity contribution is 6.02. The van der Waals surface area contributed by atoms with E-state index in [0.717, 1.165) is 0 Å². The molecule has 1 saturated carbocycles. The van der Waals surface area contributed by atoms with Gasteiger partial charge in [0, 0.05) is 19.1 Å². The van der Waals surface area contributed by atoms with Crippen LogP contribution in [-0.4, -0.2) is 50.4 Å². The summed E-state index contributed by atoms with van der Waals surface area (Å²) in [5.74, 6) is -1.89. The van der Waals surface area contributed by atoms with Gasteiger partial charge in [0.15, 0.2) is 0 Å². The lowest BCUT2D eigenvalue weighted by molar-refractivity contribution is -0.182. The van der Waals surface area contributed by atoms with Gasteiger partial charge in [-0.15, -0.1) is 0 Å². The van der Waals surface area contributed by atoms with Crippen molar-refractivity contribution in [1.29, 1.82) is 0 Å². The molecule has 174 valence electrons. The van der Waals surface area contributed by atoms with Crippen LogP contribution >= 0.6 is 0 Å². The molecule has 1 aromatic carbocycles. The van der Waals surface area contributed by atoms with Crippen LogP contribution in [0.1, 0.15) is 42.5 Å². The van der Waals surface area contributed by atoms with Gasteiger partial charge in [-0.3, -0.25) is 4.79 Å². The number of halogens is 6. The van der Waals surface area contributed by atoms with Crippen LogP contribution in [0.3, 0.4) is 0 Å². The third-order valence-electron chi connectivity index (χ3n) is 5.86. The van der Waals surface area contributed by atoms with Crippen LogP contribution in [0.5, 0.6) is 0 Å². The molecule has 0 aromatic heterocycles. The largest absolute Gasteiger partial charge is 0.397 e. The number of nitrogen functional groups attached to an aromatic ring is 1. The predicted molar refractivity (Wildman–Crippen MR) is 106 cm³/mol. The summed E-state index contributed by atoms with van der Waals surface area (Å²) in [6.07, 6.45) is -7.38. The molecule has 2 aliphatic rings. The number of hydrogen-bond donors (Lipinski definition) is 3. The van der Waals surface area contributed by atoms with Gasteiger partial charge in [0.1, 0.15) is 6.17 Å². The van der Waals surface area contributed by atoms with E-state index < -0.39 is 43.2 Å². The molecule has 1 heterocycles. The first-order chi connectivity index (χ1) is 14.5. The van der Waals surface area contributed by atoms with E-state index in [4.69, 9.17) is 5.73 Å². The average molecular weight is 452 g/mol. The number of alkyl halides is 6. The quantitative estimate of drug-likeness (QED) is 0.444. The number of rotatable bonds is 6. The van der Waals surface area contributed by atoms with Crippen LogP contribution in [0.4, 0.5) is 43.4 Å². The maximum Gasteiger partial charge on any atom is 0.391 e. The molecule has 0 radical (unpaired) electrons. The number of carbonyl (C=O) groups excluding carboxylic acids is 1. The third kappa shape index (κ3) is 5.88. The van der Waals surface area contributed by atoms with Gasteiger partial charge in [-0.05, 0) is 44.2 Å². The number of carbonyl (C=O) groups is 1. The Morgan fingerprint density at radius 2 is 1.84 bits per heavy atom. The second-order valence-corrected chi connectivity index (χ2v) is 8.12. The van der Waals surface area contributed by atoms with Gasteiger partial charge in [-0.1, -0.05) is 0 Å². The van der Waals surface area contributed by atoms with Gasteiger partial charge >= 0.3 is 6.18 Å². The van der Waals surface area contributed by atoms with Crippen LogP contribution < -0.4 is 21.3 Å². The van der Waals surface area contributed by atoms with E-state index in [1.165, 1.54) is 12.1 Å². The number of nitrogens with two attached hydrogens (primary N) is 1. The molecule has 2 fully saturated rings. The molecule has 4 N–H and O–H groups in total. The topological polar surface area (TPSA) is 70.4 Å². The zero-order valence-electron chi connectivity index (χ0n) is 16.8. The second kappa shape index (κ2) is 9.44. The number of nitrogens with zero attached hydrogens (tertiary/aromatic N) is 1. The van der Waals surface area contributed by atoms with Crippen molar-refractivity contribution < 1.29 is 31.1 Å². The van der Waals surface area contributed by atoms with E-state index >= 15 is 0 Å². The highest BCUT2D eigenvalue weighted by atomic mass is 19.4. The van der Waals surface area contributed by atoms with Crippen molar-refractivity contribution in [3.63, 3.8) is 0 Å². The van der Waals surface area contributed by atoms with Crippen molar-refractivity contribution in [3.8, 4) is 0 Å². The molecule has 1 aliphatic carbocycles. The lowest BCUT2D eigenvalue weighted by atomic mass is 9.85. The molecule has 31 heavy (non-hydrogen) atoms. The number of hydrogen-bond acceptors (Lipinski definition) is 4. The van der Waals surface area contributed by atoms with Crippen molar-refractivity contribution in [1.82, 2.24) is 5.32 Å². The predicted octanol–water partition coefficient (Wildman–Crippen LogP) is 4.34. The third-order valence-corrected chi connectivity index (χ3v) is 5.86. The molecule has 5 nitrogen and oxygen atoms in total. The zero-order valence-corrected chi connectivity index (χ0v) is 16.8. The summed E-state index contributed by atoms with van der Waals surface area (Å²) in [4.78, 5) is 14.6. The molecule has 1 atom stereocenters. The van der Waals surface area contributed by atoms with Gasteiger partial charge in [-0.2, -0.15) is 13.2 Å². The van der Waals surface area contributed by atoms with E-state index in [1.54, 1.807) is 4.90 Å². The normalized spacial score (nSPS) is 24.5. The van der Waals surface area contributed by atoms with Crippen LogP contribution in [-0.2, 0) is 0 Å². The van der Waals surface area contributed by atoms with Crippen molar-refractivity contribution in [2.24, 2.45) is 5.92 Å². The average Bonchev–Trinajstić information content (AvgIpc) is 3.12. The van der Waals surface area contributed by atoms with Gasteiger partial charge in [0.2, 0.25) is 0 Å². The monoisotopic (exact) mass is 452 g/mol. The molecular weight excluding hydrogens is 426 g/mol. The molecule has 11 heteroatoms. The van der Waals surface area contributed by atoms with E-state index in [9.17, 15) is 31.1 Å². The van der Waals surface area contributed by atoms with Crippen molar-refractivity contribution >= 4 is 23.0 Å². The SMILES string of the molecule is Nc1cc(C(=O)NC2CCC(C(F)(F)F)CC2)c(N2CC[C@@H](F)C2)cc1NCC(F)F. The standard InChI is InChI=1S/C20H26F6N4O/c21-12-5-6-30(10-12)17-8-16(28-9-18(22)23)15(27)7-14(17)19(31)29-13-3-1-11(2-4-13)20(24,25)26/h7-8,11-13,18,28H,1-6,9-10,27H2,(H,29,31)/t11?,12-,13?/m1/s1. The fraction of sp³-hybridized carbons (Fsp3) is 0.650. The van der Waals surface area contributed by atoms with Crippen LogP contribution in [0.2, 0.25) is 0 Å². The minimum atomic E-state index is -4.24. The van der Waals surface area contributed by atoms with Gasteiger partial charge in [0.05, 0.1) is 35.1 Å². The van der Waals surface area contributed by atoms with Crippen molar-refractivity contribution in [3.05, 3.63) is 17.7 Å². The summed E-state index contributed by atoms with van der Waals surface area (Å²) in [5.41, 5.74) is 6.72. The molecule has 0 unspecified atom stereocenters. The summed E-state index contributed by atoms with van der Waals surface area (Å²) >= 11 is 0. The first kappa shape index (κ1) is 23.3. The molecule has 3 rings (SSSR count). The van der Waals surface area contributed by atoms with E-state index in [1.807, 2.05) is 0 Å². The van der Waals surface area contributed by atoms with E-state index in [-0.39, 0.29) is 55.6 Å². The number of anilines is 3. The Bertz CT molecular complexity index is 780. The molecule has 1 aliphatic heterocycles. The minimum absolute atomic E-state index is 0.0508. The fourth-order valence-corrected chi connectivity index (χ4v) is 4.15. The lowest BCUT2D eigenvalue weighted by Crippen LogP contribution is -2.40. The maximum atomic E-state index is 13.8. The highest BCUT2D eigenvalue weighted by Crippen LogP contribution is 2.38. The zero-order chi connectivity index (χ0) is 22.8. The first-order valence-corrected chi connectivity index (χ1v) is 10.3. The molecule has 1 amide bonds. The summed E-state index contributed by atoms with van der Waals surface area (Å²) < 4.78 is 77.5. The molecule has 1 aromatic rings. The van der Waals surface area contributed by atoms with E-state index in [2.05, 4.69) is 10.6 Å². The fourth-order valence-electron chi connectivity index (χ4n) is 4.15. The number of nitrogens with one attached hydrogen (secondary N) is 2. The Hall–Kier alpha value is -2.33. The van der Waals surface area contributed by atoms with E-state index in [0.29, 0.717) is 12.2 Å². The molecule has 1 saturated heterocycles. The van der Waals surface area contributed by atoms with Gasteiger partial charge in [0.25, 0.3) is 12.3 Å². The second-order valence-electron chi connectivity index (χ2n) is 8.12. The highest BCUT2D eigenvalue weighted by Gasteiger charge is 2.41. The molecule has 0 bridgehead atoms. The smallest absolute Gasteiger partial charge is 0.391 e.